The number of hydrogen-bond donors (Lipinski definition) is 0. The lowest BCUT2D eigenvalue weighted by atomic mass is 10.2. The molecule has 0 aliphatic carbocycles. The van der Waals surface area contributed by atoms with E-state index in [0.29, 0.717) is 48.0 Å². The summed E-state index contributed by atoms with van der Waals surface area (Å²) in [5.41, 5.74) is 2.11. The molecule has 7 heteroatoms. The van der Waals surface area contributed by atoms with Gasteiger partial charge in [0.1, 0.15) is 5.69 Å². The van der Waals surface area contributed by atoms with Gasteiger partial charge < -0.3 is 18.8 Å². The third kappa shape index (κ3) is 3.63. The predicted octanol–water partition coefficient (Wildman–Crippen LogP) is 3.64. The highest BCUT2D eigenvalue weighted by molar-refractivity contribution is 6.10. The first-order valence-corrected chi connectivity index (χ1v) is 9.97. The number of imide groups is 1. The molecule has 2 heterocycles. The molecule has 2 aromatic carbocycles. The Morgan fingerprint density at radius 2 is 1.74 bits per heavy atom. The average Bonchev–Trinajstić information content (AvgIpc) is 3.16. The van der Waals surface area contributed by atoms with Crippen LogP contribution >= 0.6 is 0 Å². The first kappa shape index (κ1) is 20.5. The lowest BCUT2D eigenvalue weighted by Crippen LogP contribution is -2.39. The maximum Gasteiger partial charge on any atom is 0.277 e. The number of rotatable bonds is 6. The Morgan fingerprint density at radius 1 is 1.00 bits per heavy atom. The van der Waals surface area contributed by atoms with E-state index in [9.17, 15) is 9.59 Å². The number of hydrogen-bond acceptors (Lipinski definition) is 5. The Balaban J connectivity index is 1.96. The van der Waals surface area contributed by atoms with E-state index in [2.05, 4.69) is 0 Å². The van der Waals surface area contributed by atoms with Gasteiger partial charge in [0.2, 0.25) is 5.75 Å². The van der Waals surface area contributed by atoms with Crippen molar-refractivity contribution in [3.63, 3.8) is 0 Å². The number of amides is 2. The summed E-state index contributed by atoms with van der Waals surface area (Å²) in [6.45, 7) is 0.778. The van der Waals surface area contributed by atoms with E-state index in [4.69, 9.17) is 14.2 Å². The minimum atomic E-state index is -0.346. The van der Waals surface area contributed by atoms with Gasteiger partial charge in [-0.25, -0.2) is 0 Å². The van der Waals surface area contributed by atoms with Crippen molar-refractivity contribution < 1.29 is 23.8 Å². The third-order valence-electron chi connectivity index (χ3n) is 5.38. The molecule has 0 saturated heterocycles. The van der Waals surface area contributed by atoms with Gasteiger partial charge in [0, 0.05) is 18.5 Å². The van der Waals surface area contributed by atoms with Crippen LogP contribution in [0.3, 0.4) is 0 Å². The van der Waals surface area contributed by atoms with Crippen LogP contribution in [0.5, 0.6) is 17.2 Å². The summed E-state index contributed by atoms with van der Waals surface area (Å²) < 4.78 is 18.6. The molecule has 0 N–H and O–H groups in total. The summed E-state index contributed by atoms with van der Waals surface area (Å²) in [4.78, 5) is 27.1. The van der Waals surface area contributed by atoms with Gasteiger partial charge in [-0.1, -0.05) is 36.4 Å². The molecule has 0 unspecified atom stereocenters. The van der Waals surface area contributed by atoms with E-state index < -0.39 is 0 Å². The molecule has 2 amide bonds. The van der Waals surface area contributed by atoms with E-state index in [1.165, 1.54) is 11.0 Å². The fourth-order valence-corrected chi connectivity index (χ4v) is 3.93. The van der Waals surface area contributed by atoms with Crippen LogP contribution in [0.15, 0.2) is 54.6 Å². The van der Waals surface area contributed by atoms with Crippen molar-refractivity contribution in [3.05, 3.63) is 65.9 Å². The Bertz CT molecular complexity index is 1160. The summed E-state index contributed by atoms with van der Waals surface area (Å²) >= 11 is 0. The number of benzene rings is 2. The lowest BCUT2D eigenvalue weighted by Gasteiger charge is -2.22. The van der Waals surface area contributed by atoms with Crippen molar-refractivity contribution in [2.45, 2.75) is 13.0 Å². The van der Waals surface area contributed by atoms with Gasteiger partial charge in [0.15, 0.2) is 11.5 Å². The smallest absolute Gasteiger partial charge is 0.277 e. The highest BCUT2D eigenvalue weighted by atomic mass is 16.5. The summed E-state index contributed by atoms with van der Waals surface area (Å²) in [6, 6.07) is 13.4. The zero-order valence-corrected chi connectivity index (χ0v) is 17.8. The van der Waals surface area contributed by atoms with E-state index in [-0.39, 0.29) is 11.8 Å². The molecule has 31 heavy (non-hydrogen) atoms. The monoisotopic (exact) mass is 420 g/mol. The average molecular weight is 420 g/mol. The second kappa shape index (κ2) is 8.55. The standard InChI is InChI=1S/C24H24N2O5/c1-29-19-14-17-13-18(24(28)25-12-8-7-11-20(25)27)26(15-16-9-5-4-6-10-16)21(17)23(31-3)22(19)30-2/h4-7,9-11,13-14H,8,12,15H2,1-3H3. The van der Waals surface area contributed by atoms with Crippen molar-refractivity contribution in [1.82, 2.24) is 9.47 Å². The number of carbonyl (C=O) groups is 2. The predicted molar refractivity (Wildman–Crippen MR) is 117 cm³/mol. The number of carbonyl (C=O) groups excluding carboxylic acids is 2. The van der Waals surface area contributed by atoms with Crippen molar-refractivity contribution in [2.24, 2.45) is 0 Å². The summed E-state index contributed by atoms with van der Waals surface area (Å²) in [7, 11) is 4.65. The Hall–Kier alpha value is -3.74. The van der Waals surface area contributed by atoms with Crippen LogP contribution < -0.4 is 14.2 Å². The van der Waals surface area contributed by atoms with Crippen LogP contribution in [0.2, 0.25) is 0 Å². The Kier molecular flexibility index (Phi) is 5.66. The maximum absolute atomic E-state index is 13.4. The van der Waals surface area contributed by atoms with E-state index in [1.807, 2.05) is 41.0 Å². The van der Waals surface area contributed by atoms with Gasteiger partial charge in [-0.2, -0.15) is 0 Å². The van der Waals surface area contributed by atoms with Crippen LogP contribution in [0.4, 0.5) is 0 Å². The topological polar surface area (TPSA) is 70.0 Å². The van der Waals surface area contributed by atoms with Gasteiger partial charge in [-0.15, -0.1) is 0 Å². The summed E-state index contributed by atoms with van der Waals surface area (Å²) in [5.74, 6) is 0.758. The molecule has 1 aliphatic heterocycles. The molecule has 0 bridgehead atoms. The molecular formula is C24H24N2O5. The van der Waals surface area contributed by atoms with E-state index in [0.717, 1.165) is 10.9 Å². The van der Waals surface area contributed by atoms with Crippen LogP contribution in [0, 0.1) is 0 Å². The van der Waals surface area contributed by atoms with Crippen LogP contribution in [-0.4, -0.2) is 49.2 Å². The Morgan fingerprint density at radius 3 is 2.39 bits per heavy atom. The fourth-order valence-electron chi connectivity index (χ4n) is 3.93. The van der Waals surface area contributed by atoms with Crippen LogP contribution in [0.1, 0.15) is 22.5 Å². The van der Waals surface area contributed by atoms with Gasteiger partial charge in [0.25, 0.3) is 11.8 Å². The van der Waals surface area contributed by atoms with Crippen molar-refractivity contribution in [1.29, 1.82) is 0 Å². The van der Waals surface area contributed by atoms with Crippen molar-refractivity contribution >= 4 is 22.7 Å². The molecule has 0 saturated carbocycles. The molecular weight excluding hydrogens is 396 g/mol. The summed E-state index contributed by atoms with van der Waals surface area (Å²) in [5, 5.41) is 0.758. The maximum atomic E-state index is 13.4. The van der Waals surface area contributed by atoms with Crippen molar-refractivity contribution in [2.75, 3.05) is 27.9 Å². The number of methoxy groups -OCH3 is 3. The molecule has 160 valence electrons. The Labute approximate surface area is 180 Å². The first-order valence-electron chi connectivity index (χ1n) is 9.97. The zero-order chi connectivity index (χ0) is 22.0. The zero-order valence-electron chi connectivity index (χ0n) is 17.8. The SMILES string of the molecule is COc1cc2cc(C(=O)N3CCC=CC3=O)n(Cc3ccccc3)c2c(OC)c1OC. The number of aromatic nitrogens is 1. The minimum Gasteiger partial charge on any atom is -0.493 e. The fraction of sp³-hybridized carbons (Fsp3) is 0.250. The molecule has 0 fully saturated rings. The molecule has 4 rings (SSSR count). The van der Waals surface area contributed by atoms with Crippen LogP contribution in [-0.2, 0) is 11.3 Å². The minimum absolute atomic E-state index is 0.310. The molecule has 0 spiro atoms. The lowest BCUT2D eigenvalue weighted by molar-refractivity contribution is -0.124. The highest BCUT2D eigenvalue weighted by Crippen LogP contribution is 2.44. The third-order valence-corrected chi connectivity index (χ3v) is 5.38. The molecule has 1 aromatic heterocycles. The van der Waals surface area contributed by atoms with Gasteiger partial charge in [-0.3, -0.25) is 14.5 Å². The van der Waals surface area contributed by atoms with Gasteiger partial charge in [0.05, 0.1) is 26.8 Å². The largest absolute Gasteiger partial charge is 0.493 e. The molecule has 3 aromatic rings. The van der Waals surface area contributed by atoms with Crippen molar-refractivity contribution in [3.8, 4) is 17.2 Å². The van der Waals surface area contributed by atoms with Gasteiger partial charge >= 0.3 is 0 Å². The quantitative estimate of drug-likeness (QED) is 0.570. The second-order valence-electron chi connectivity index (χ2n) is 7.17. The number of nitrogens with zero attached hydrogens (tertiary/aromatic N) is 2. The van der Waals surface area contributed by atoms with Gasteiger partial charge in [-0.05, 0) is 30.2 Å². The molecule has 0 atom stereocenters. The second-order valence-corrected chi connectivity index (χ2v) is 7.17. The van der Waals surface area contributed by atoms with Crippen LogP contribution in [0.25, 0.3) is 10.9 Å². The normalized spacial score (nSPS) is 13.5. The molecule has 7 nitrogen and oxygen atoms in total. The molecule has 0 radical (unpaired) electrons. The highest BCUT2D eigenvalue weighted by Gasteiger charge is 2.29. The first-order chi connectivity index (χ1) is 15.1. The number of fused-ring (bicyclic) bond motifs is 1. The number of ether oxygens (including phenoxy) is 3. The summed E-state index contributed by atoms with van der Waals surface area (Å²) in [6.07, 6.45) is 3.87. The molecule has 1 aliphatic rings. The van der Waals surface area contributed by atoms with E-state index in [1.54, 1.807) is 33.5 Å². The van der Waals surface area contributed by atoms with E-state index >= 15 is 0 Å².